The molecule has 2 rings (SSSR count). The molecule has 0 atom stereocenters. The van der Waals surface area contributed by atoms with E-state index in [4.69, 9.17) is 4.99 Å². The second-order valence-electron chi connectivity index (χ2n) is 6.15. The summed E-state index contributed by atoms with van der Waals surface area (Å²) in [7, 11) is 0. The summed E-state index contributed by atoms with van der Waals surface area (Å²) in [5, 5.41) is 2.21. The molecule has 23 heavy (non-hydrogen) atoms. The van der Waals surface area contributed by atoms with Crippen LogP contribution in [0.2, 0.25) is 0 Å². The summed E-state index contributed by atoms with van der Waals surface area (Å²) in [5.41, 5.74) is 4.90. The van der Waals surface area contributed by atoms with E-state index in [0.29, 0.717) is 0 Å². The molecule has 1 aromatic heterocycles. The molecule has 3 nitrogen and oxygen atoms in total. The Labute approximate surface area is 144 Å². The van der Waals surface area contributed by atoms with E-state index in [1.165, 1.54) is 23.2 Å². The van der Waals surface area contributed by atoms with E-state index in [9.17, 15) is 0 Å². The van der Waals surface area contributed by atoms with Gasteiger partial charge >= 0.3 is 0 Å². The molecule has 0 saturated heterocycles. The Hall–Kier alpha value is -1.39. The van der Waals surface area contributed by atoms with Gasteiger partial charge in [0.1, 0.15) is 0 Å². The van der Waals surface area contributed by atoms with Gasteiger partial charge in [0.2, 0.25) is 0 Å². The Balaban J connectivity index is 2.19. The Kier molecular flexibility index (Phi) is 6.60. The largest absolute Gasteiger partial charge is 0.321 e. The number of rotatable bonds is 7. The van der Waals surface area contributed by atoms with Crippen LogP contribution in [0.3, 0.4) is 0 Å². The van der Waals surface area contributed by atoms with Gasteiger partial charge in [0, 0.05) is 17.6 Å². The minimum absolute atomic E-state index is 1.04. The van der Waals surface area contributed by atoms with Crippen molar-refractivity contribution < 1.29 is 0 Å². The first-order chi connectivity index (χ1) is 11.0. The number of aryl methyl sites for hydroxylation is 3. The molecular formula is C19H29N3S. The third kappa shape index (κ3) is 5.05. The van der Waals surface area contributed by atoms with Crippen LogP contribution in [-0.4, -0.2) is 29.1 Å². The maximum absolute atomic E-state index is 4.89. The number of hydrogen-bond donors (Lipinski definition) is 0. The molecular weight excluding hydrogens is 302 g/mol. The molecule has 126 valence electrons. The van der Waals surface area contributed by atoms with Gasteiger partial charge in [-0.3, -0.25) is 0 Å². The number of hydrogen-bond acceptors (Lipinski definition) is 3. The lowest BCUT2D eigenvalue weighted by molar-refractivity contribution is 0.292. The van der Waals surface area contributed by atoms with Gasteiger partial charge < -0.3 is 9.47 Å². The second-order valence-corrected chi connectivity index (χ2v) is 6.99. The lowest BCUT2D eigenvalue weighted by Crippen LogP contribution is -2.26. The maximum atomic E-state index is 4.89. The van der Waals surface area contributed by atoms with Crippen molar-refractivity contribution in [2.24, 2.45) is 4.99 Å². The highest BCUT2D eigenvalue weighted by Crippen LogP contribution is 2.16. The highest BCUT2D eigenvalue weighted by atomic mass is 32.1. The summed E-state index contributed by atoms with van der Waals surface area (Å²) >= 11 is 1.74. The summed E-state index contributed by atoms with van der Waals surface area (Å²) < 4.78 is 2.35. The van der Waals surface area contributed by atoms with Crippen molar-refractivity contribution in [2.75, 3.05) is 19.6 Å². The topological polar surface area (TPSA) is 20.5 Å². The van der Waals surface area contributed by atoms with Gasteiger partial charge in [-0.05, 0) is 70.1 Å². The van der Waals surface area contributed by atoms with Crippen molar-refractivity contribution in [1.82, 2.24) is 9.47 Å². The Morgan fingerprint density at radius 3 is 2.30 bits per heavy atom. The fourth-order valence-corrected chi connectivity index (χ4v) is 3.82. The molecule has 0 fully saturated rings. The van der Waals surface area contributed by atoms with Crippen molar-refractivity contribution in [2.45, 2.75) is 47.6 Å². The molecule has 0 bridgehead atoms. The molecule has 1 aromatic carbocycles. The molecule has 2 aromatic rings. The number of aromatic nitrogens is 1. The van der Waals surface area contributed by atoms with Crippen LogP contribution in [0.5, 0.6) is 0 Å². The molecule has 4 heteroatoms. The molecule has 0 unspecified atom stereocenters. The maximum Gasteiger partial charge on any atom is 0.190 e. The second kappa shape index (κ2) is 8.46. The first-order valence-electron chi connectivity index (χ1n) is 8.53. The van der Waals surface area contributed by atoms with E-state index in [-0.39, 0.29) is 0 Å². The number of nitrogens with zero attached hydrogens (tertiary/aromatic N) is 3. The van der Waals surface area contributed by atoms with Crippen LogP contribution in [0.15, 0.2) is 28.6 Å². The SMILES string of the molecule is CCN(CC)CCCn1c(C)csc1=Nc1cc(C)cc(C)c1. The minimum atomic E-state index is 1.04. The zero-order valence-electron chi connectivity index (χ0n) is 15.1. The lowest BCUT2D eigenvalue weighted by atomic mass is 10.1. The molecule has 0 radical (unpaired) electrons. The third-order valence-electron chi connectivity index (χ3n) is 4.17. The summed E-state index contributed by atoms with van der Waals surface area (Å²) in [4.78, 5) is 8.47. The van der Waals surface area contributed by atoms with Gasteiger partial charge in [-0.1, -0.05) is 19.9 Å². The molecule has 1 heterocycles. The van der Waals surface area contributed by atoms with Gasteiger partial charge in [0.05, 0.1) is 5.69 Å². The van der Waals surface area contributed by atoms with E-state index in [2.05, 4.69) is 67.7 Å². The van der Waals surface area contributed by atoms with Crippen molar-refractivity contribution in [1.29, 1.82) is 0 Å². The number of benzene rings is 1. The van der Waals surface area contributed by atoms with Crippen molar-refractivity contribution in [3.8, 4) is 0 Å². The zero-order valence-corrected chi connectivity index (χ0v) is 15.9. The van der Waals surface area contributed by atoms with E-state index in [1.54, 1.807) is 11.3 Å². The standard InChI is InChI=1S/C19H29N3S/c1-6-21(7-2)9-8-10-22-17(5)14-23-19(22)20-18-12-15(3)11-16(4)13-18/h11-14H,6-10H2,1-5H3. The first-order valence-corrected chi connectivity index (χ1v) is 9.41. The van der Waals surface area contributed by atoms with E-state index >= 15 is 0 Å². The summed E-state index contributed by atoms with van der Waals surface area (Å²) in [6.45, 7) is 15.3. The predicted octanol–water partition coefficient (Wildman–Crippen LogP) is 4.44. The summed E-state index contributed by atoms with van der Waals surface area (Å²) in [6, 6.07) is 6.50. The van der Waals surface area contributed by atoms with Crippen LogP contribution in [-0.2, 0) is 6.54 Å². The average molecular weight is 332 g/mol. The molecule has 0 spiro atoms. The lowest BCUT2D eigenvalue weighted by Gasteiger charge is -2.18. The third-order valence-corrected chi connectivity index (χ3v) is 5.15. The van der Waals surface area contributed by atoms with Crippen LogP contribution in [0.1, 0.15) is 37.1 Å². The highest BCUT2D eigenvalue weighted by Gasteiger charge is 2.04. The Bertz CT molecular complexity index is 673. The fraction of sp³-hybridized carbons (Fsp3) is 0.526. The minimum Gasteiger partial charge on any atom is -0.321 e. The normalized spacial score (nSPS) is 12.3. The monoisotopic (exact) mass is 331 g/mol. The molecule has 0 saturated carbocycles. The van der Waals surface area contributed by atoms with Crippen molar-refractivity contribution >= 4 is 17.0 Å². The Morgan fingerprint density at radius 1 is 1.04 bits per heavy atom. The molecule has 0 amide bonds. The average Bonchev–Trinajstić information content (AvgIpc) is 2.83. The van der Waals surface area contributed by atoms with Gasteiger partial charge in [-0.2, -0.15) is 0 Å². The zero-order chi connectivity index (χ0) is 16.8. The van der Waals surface area contributed by atoms with E-state index in [1.807, 2.05) is 0 Å². The van der Waals surface area contributed by atoms with Crippen LogP contribution in [0.4, 0.5) is 5.69 Å². The summed E-state index contributed by atoms with van der Waals surface area (Å²) in [5.74, 6) is 0. The van der Waals surface area contributed by atoms with E-state index < -0.39 is 0 Å². The Morgan fingerprint density at radius 2 is 1.70 bits per heavy atom. The quantitative estimate of drug-likeness (QED) is 0.734. The van der Waals surface area contributed by atoms with Crippen molar-refractivity contribution in [3.63, 3.8) is 0 Å². The van der Waals surface area contributed by atoms with Gasteiger partial charge in [-0.25, -0.2) is 4.99 Å². The fourth-order valence-electron chi connectivity index (χ4n) is 2.89. The smallest absolute Gasteiger partial charge is 0.190 e. The van der Waals surface area contributed by atoms with Crippen molar-refractivity contribution in [3.05, 3.63) is 45.2 Å². The first kappa shape index (κ1) is 18.0. The van der Waals surface area contributed by atoms with Crippen LogP contribution >= 0.6 is 11.3 Å². The van der Waals surface area contributed by atoms with Crippen LogP contribution in [0, 0.1) is 20.8 Å². The van der Waals surface area contributed by atoms with Gasteiger partial charge in [-0.15, -0.1) is 11.3 Å². The summed E-state index contributed by atoms with van der Waals surface area (Å²) in [6.07, 6.45) is 1.17. The van der Waals surface area contributed by atoms with Gasteiger partial charge in [0.25, 0.3) is 0 Å². The van der Waals surface area contributed by atoms with Gasteiger partial charge in [0.15, 0.2) is 4.80 Å². The van der Waals surface area contributed by atoms with Crippen LogP contribution < -0.4 is 4.80 Å². The number of thiazole rings is 1. The molecule has 0 aliphatic heterocycles. The highest BCUT2D eigenvalue weighted by molar-refractivity contribution is 7.07. The van der Waals surface area contributed by atoms with E-state index in [0.717, 1.165) is 36.7 Å². The molecule has 0 N–H and O–H groups in total. The van der Waals surface area contributed by atoms with Crippen LogP contribution in [0.25, 0.3) is 0 Å². The molecule has 0 aliphatic carbocycles. The molecule has 0 aliphatic rings. The predicted molar refractivity (Wildman–Crippen MR) is 101 cm³/mol.